The lowest BCUT2D eigenvalue weighted by molar-refractivity contribution is 0.302. The van der Waals surface area contributed by atoms with Crippen molar-refractivity contribution in [2.75, 3.05) is 35.4 Å². The van der Waals surface area contributed by atoms with Crippen molar-refractivity contribution < 1.29 is 14.2 Å². The Labute approximate surface area is 103 Å². The van der Waals surface area contributed by atoms with Gasteiger partial charge in [-0.25, -0.2) is 0 Å². The van der Waals surface area contributed by atoms with Gasteiger partial charge in [-0.1, -0.05) is 0 Å². The summed E-state index contributed by atoms with van der Waals surface area (Å²) >= 11 is 0. The maximum Gasteiger partial charge on any atom is 0.164 e. The first-order valence-corrected chi connectivity index (χ1v) is 5.51. The highest BCUT2D eigenvalue weighted by atomic mass is 16.5. The van der Waals surface area contributed by atoms with Crippen LogP contribution in [-0.2, 0) is 0 Å². The third kappa shape index (κ3) is 2.82. The standard InChI is InChI=1S/C13H21NO3/c1-9(14(2)3)10-7-12(16-5)13(17-6)8-11(10)15-4/h7-9H,1-6H3. The Hall–Kier alpha value is -1.42. The van der Waals surface area contributed by atoms with Gasteiger partial charge in [-0.3, -0.25) is 0 Å². The van der Waals surface area contributed by atoms with Crippen LogP contribution >= 0.6 is 0 Å². The summed E-state index contributed by atoms with van der Waals surface area (Å²) in [6.07, 6.45) is 0. The number of nitrogens with zero attached hydrogens (tertiary/aromatic N) is 1. The van der Waals surface area contributed by atoms with E-state index in [4.69, 9.17) is 14.2 Å². The van der Waals surface area contributed by atoms with Crippen molar-refractivity contribution in [1.82, 2.24) is 4.90 Å². The third-order valence-electron chi connectivity index (χ3n) is 2.96. The first-order chi connectivity index (χ1) is 8.04. The Morgan fingerprint density at radius 3 is 1.76 bits per heavy atom. The van der Waals surface area contributed by atoms with Crippen molar-refractivity contribution in [3.63, 3.8) is 0 Å². The lowest BCUT2D eigenvalue weighted by atomic mass is 10.1. The van der Waals surface area contributed by atoms with Crippen LogP contribution in [0.3, 0.4) is 0 Å². The highest BCUT2D eigenvalue weighted by Gasteiger charge is 2.17. The normalized spacial score (nSPS) is 12.4. The highest BCUT2D eigenvalue weighted by Crippen LogP contribution is 2.38. The molecule has 1 rings (SSSR count). The molecule has 0 aliphatic heterocycles. The zero-order chi connectivity index (χ0) is 13.0. The Balaban J connectivity index is 3.28. The molecule has 4 heteroatoms. The fourth-order valence-electron chi connectivity index (χ4n) is 1.66. The molecule has 0 bridgehead atoms. The molecule has 0 spiro atoms. The van der Waals surface area contributed by atoms with Gasteiger partial charge in [0.1, 0.15) is 5.75 Å². The molecule has 0 radical (unpaired) electrons. The molecule has 1 atom stereocenters. The monoisotopic (exact) mass is 239 g/mol. The van der Waals surface area contributed by atoms with Crippen molar-refractivity contribution in [2.45, 2.75) is 13.0 Å². The average molecular weight is 239 g/mol. The van der Waals surface area contributed by atoms with E-state index in [-0.39, 0.29) is 6.04 Å². The van der Waals surface area contributed by atoms with Crippen LogP contribution in [0.4, 0.5) is 0 Å². The molecule has 0 saturated heterocycles. The van der Waals surface area contributed by atoms with Crippen molar-refractivity contribution in [3.05, 3.63) is 17.7 Å². The summed E-state index contributed by atoms with van der Waals surface area (Å²) in [6.45, 7) is 2.11. The smallest absolute Gasteiger partial charge is 0.164 e. The van der Waals surface area contributed by atoms with Crippen LogP contribution in [0.5, 0.6) is 17.2 Å². The minimum absolute atomic E-state index is 0.241. The lowest BCUT2D eigenvalue weighted by Crippen LogP contribution is -2.17. The molecule has 0 aliphatic carbocycles. The Kier molecular flexibility index (Phi) is 4.63. The fourth-order valence-corrected chi connectivity index (χ4v) is 1.66. The van der Waals surface area contributed by atoms with E-state index < -0.39 is 0 Å². The summed E-state index contributed by atoms with van der Waals surface area (Å²) < 4.78 is 16.0. The van der Waals surface area contributed by atoms with E-state index in [9.17, 15) is 0 Å². The Morgan fingerprint density at radius 2 is 1.35 bits per heavy atom. The predicted molar refractivity (Wildman–Crippen MR) is 68.2 cm³/mol. The second-order valence-corrected chi connectivity index (χ2v) is 4.09. The fraction of sp³-hybridized carbons (Fsp3) is 0.538. The van der Waals surface area contributed by atoms with Gasteiger partial charge in [0.05, 0.1) is 21.3 Å². The highest BCUT2D eigenvalue weighted by molar-refractivity contribution is 5.51. The van der Waals surface area contributed by atoms with E-state index in [1.807, 2.05) is 26.2 Å². The van der Waals surface area contributed by atoms with Gasteiger partial charge in [0.25, 0.3) is 0 Å². The molecule has 1 aromatic rings. The van der Waals surface area contributed by atoms with Crippen molar-refractivity contribution in [3.8, 4) is 17.2 Å². The third-order valence-corrected chi connectivity index (χ3v) is 2.96. The number of ether oxygens (including phenoxy) is 3. The molecular weight excluding hydrogens is 218 g/mol. The van der Waals surface area contributed by atoms with E-state index >= 15 is 0 Å². The zero-order valence-corrected chi connectivity index (χ0v) is 11.4. The second kappa shape index (κ2) is 5.77. The van der Waals surface area contributed by atoms with E-state index in [0.29, 0.717) is 5.75 Å². The van der Waals surface area contributed by atoms with E-state index in [1.54, 1.807) is 21.3 Å². The van der Waals surface area contributed by atoms with Gasteiger partial charge in [-0.05, 0) is 27.1 Å². The van der Waals surface area contributed by atoms with Crippen molar-refractivity contribution in [2.24, 2.45) is 0 Å². The molecule has 96 valence electrons. The van der Waals surface area contributed by atoms with Crippen LogP contribution in [-0.4, -0.2) is 40.3 Å². The zero-order valence-electron chi connectivity index (χ0n) is 11.4. The minimum Gasteiger partial charge on any atom is -0.496 e. The van der Waals surface area contributed by atoms with E-state index in [2.05, 4.69) is 11.8 Å². The van der Waals surface area contributed by atoms with Crippen LogP contribution in [0.25, 0.3) is 0 Å². The summed E-state index contributed by atoms with van der Waals surface area (Å²) in [5, 5.41) is 0. The molecule has 0 amide bonds. The van der Waals surface area contributed by atoms with E-state index in [1.165, 1.54) is 0 Å². The maximum absolute atomic E-state index is 5.40. The predicted octanol–water partition coefficient (Wildman–Crippen LogP) is 2.33. The number of methoxy groups -OCH3 is 3. The summed E-state index contributed by atoms with van der Waals surface area (Å²) in [4.78, 5) is 2.11. The molecular formula is C13H21NO3. The summed E-state index contributed by atoms with van der Waals surface area (Å²) in [5.41, 5.74) is 1.08. The quantitative estimate of drug-likeness (QED) is 0.789. The molecule has 0 aromatic heterocycles. The van der Waals surface area contributed by atoms with E-state index in [0.717, 1.165) is 17.1 Å². The first kappa shape index (κ1) is 13.6. The number of benzene rings is 1. The van der Waals surface area contributed by atoms with Crippen LogP contribution in [0.1, 0.15) is 18.5 Å². The van der Waals surface area contributed by atoms with Gasteiger partial charge < -0.3 is 19.1 Å². The van der Waals surface area contributed by atoms with Gasteiger partial charge in [-0.15, -0.1) is 0 Å². The van der Waals surface area contributed by atoms with Gasteiger partial charge in [0.2, 0.25) is 0 Å². The summed E-state index contributed by atoms with van der Waals surface area (Å²) in [7, 11) is 8.97. The van der Waals surface area contributed by atoms with Crippen molar-refractivity contribution >= 4 is 0 Å². The van der Waals surface area contributed by atoms with Crippen LogP contribution in [0.15, 0.2) is 12.1 Å². The molecule has 4 nitrogen and oxygen atoms in total. The second-order valence-electron chi connectivity index (χ2n) is 4.09. The lowest BCUT2D eigenvalue weighted by Gasteiger charge is -2.23. The number of hydrogen-bond donors (Lipinski definition) is 0. The maximum atomic E-state index is 5.40. The summed E-state index contributed by atoms with van der Waals surface area (Å²) in [5.74, 6) is 2.21. The molecule has 0 aliphatic rings. The molecule has 0 N–H and O–H groups in total. The minimum atomic E-state index is 0.241. The van der Waals surface area contributed by atoms with Crippen LogP contribution in [0, 0.1) is 0 Å². The Bertz CT molecular complexity index is 377. The SMILES string of the molecule is COc1cc(OC)c(C(C)N(C)C)cc1OC. The Morgan fingerprint density at radius 1 is 0.882 bits per heavy atom. The first-order valence-electron chi connectivity index (χ1n) is 5.51. The van der Waals surface area contributed by atoms with Gasteiger partial charge in [-0.2, -0.15) is 0 Å². The molecule has 0 heterocycles. The van der Waals surface area contributed by atoms with Gasteiger partial charge in [0, 0.05) is 17.7 Å². The molecule has 0 saturated carbocycles. The van der Waals surface area contributed by atoms with Crippen LogP contribution in [0.2, 0.25) is 0 Å². The molecule has 1 unspecified atom stereocenters. The molecule has 1 aromatic carbocycles. The topological polar surface area (TPSA) is 30.9 Å². The number of rotatable bonds is 5. The van der Waals surface area contributed by atoms with Crippen molar-refractivity contribution in [1.29, 1.82) is 0 Å². The van der Waals surface area contributed by atoms with Crippen LogP contribution < -0.4 is 14.2 Å². The number of hydrogen-bond acceptors (Lipinski definition) is 4. The largest absolute Gasteiger partial charge is 0.496 e. The summed E-state index contributed by atoms with van der Waals surface area (Å²) in [6, 6.07) is 4.06. The molecule has 0 fully saturated rings. The van der Waals surface area contributed by atoms with Gasteiger partial charge in [0.15, 0.2) is 11.5 Å². The average Bonchev–Trinajstić information content (AvgIpc) is 2.35. The van der Waals surface area contributed by atoms with Gasteiger partial charge >= 0.3 is 0 Å². The molecule has 17 heavy (non-hydrogen) atoms.